The van der Waals surface area contributed by atoms with Crippen LogP contribution in [0, 0.1) is 13.8 Å². The van der Waals surface area contributed by atoms with Crippen molar-refractivity contribution < 1.29 is 28.2 Å². The number of phosphoric ester groups is 1. The van der Waals surface area contributed by atoms with Gasteiger partial charge in [-0.3, -0.25) is 14.6 Å². The number of para-hydroxylation sites is 2. The summed E-state index contributed by atoms with van der Waals surface area (Å²) in [6.45, 7) is 9.95. The first kappa shape index (κ1) is 23.1. The molecule has 0 saturated heterocycles. The van der Waals surface area contributed by atoms with Crippen molar-refractivity contribution in [3.63, 3.8) is 0 Å². The number of quaternary nitrogens is 1. The molecule has 3 N–H and O–H groups in total. The summed E-state index contributed by atoms with van der Waals surface area (Å²) in [5, 5.41) is 3.03. The number of hydrogen-bond donors (Lipinski definition) is 3. The Morgan fingerprint density at radius 2 is 1.62 bits per heavy atom. The van der Waals surface area contributed by atoms with Gasteiger partial charge in [0.2, 0.25) is 0 Å². The van der Waals surface area contributed by atoms with Crippen LogP contribution in [0.15, 0.2) is 42.5 Å². The van der Waals surface area contributed by atoms with E-state index >= 15 is 0 Å². The Morgan fingerprint density at radius 1 is 1.03 bits per heavy atom. The average molecular weight is 421 g/mol. The second-order valence-corrected chi connectivity index (χ2v) is 8.46. The summed E-state index contributed by atoms with van der Waals surface area (Å²) in [5.41, 5.74) is 3.49. The zero-order valence-electron chi connectivity index (χ0n) is 17.4. The summed E-state index contributed by atoms with van der Waals surface area (Å²) in [5.74, 6) is 0.0416. The van der Waals surface area contributed by atoms with Gasteiger partial charge in [-0.1, -0.05) is 30.3 Å². The molecule has 0 radical (unpaired) electrons. The van der Waals surface area contributed by atoms with Gasteiger partial charge in [-0.25, -0.2) is 4.57 Å². The number of carbonyl (C=O) groups excluding carboxylic acids is 1. The van der Waals surface area contributed by atoms with Gasteiger partial charge in [-0.05, 0) is 51.0 Å². The number of aryl methyl sites for hydroxylation is 2. The molecule has 0 aromatic heterocycles. The predicted octanol–water partition coefficient (Wildman–Crippen LogP) is 3.77. The van der Waals surface area contributed by atoms with Gasteiger partial charge in [0, 0.05) is 11.3 Å². The minimum absolute atomic E-state index is 0.0977. The lowest BCUT2D eigenvalue weighted by Crippen LogP contribution is -2.51. The smallest absolute Gasteiger partial charge is 0.404 e. The van der Waals surface area contributed by atoms with Crippen molar-refractivity contribution in [2.75, 3.05) is 25.0 Å². The van der Waals surface area contributed by atoms with E-state index in [1.807, 2.05) is 45.9 Å². The van der Waals surface area contributed by atoms with E-state index < -0.39 is 7.82 Å². The molecular weight excluding hydrogens is 391 g/mol. The van der Waals surface area contributed by atoms with Gasteiger partial charge in [-0.2, -0.15) is 0 Å². The highest BCUT2D eigenvalue weighted by Crippen LogP contribution is 2.39. The average Bonchev–Trinajstić information content (AvgIpc) is 2.64. The standard InChI is InChI=1S/C21H29N2O5P/c1-5-23(6-2,14-18-12-7-8-13-19(18)28-29(25,26)27)15-20(24)22-21-16(3)10-9-11-17(21)4/h7-13H,5-6,14-15H2,1-4H3,(H2-,22,24,25,26,27)/p+1. The fraction of sp³-hybridized carbons (Fsp3) is 0.381. The van der Waals surface area contributed by atoms with E-state index in [4.69, 9.17) is 4.52 Å². The molecule has 1 amide bonds. The molecular formula is C21H30N2O5P+. The van der Waals surface area contributed by atoms with Crippen molar-refractivity contribution in [3.8, 4) is 5.75 Å². The number of hydrogen-bond acceptors (Lipinski definition) is 3. The minimum Gasteiger partial charge on any atom is -0.404 e. The van der Waals surface area contributed by atoms with E-state index in [2.05, 4.69) is 5.32 Å². The van der Waals surface area contributed by atoms with Crippen LogP contribution in [0.5, 0.6) is 5.75 Å². The van der Waals surface area contributed by atoms with E-state index in [0.717, 1.165) is 16.8 Å². The van der Waals surface area contributed by atoms with Gasteiger partial charge in [0.15, 0.2) is 6.54 Å². The van der Waals surface area contributed by atoms with E-state index in [0.29, 0.717) is 29.7 Å². The topological polar surface area (TPSA) is 95.9 Å². The third-order valence-electron chi connectivity index (χ3n) is 5.26. The molecule has 0 bridgehead atoms. The molecule has 0 saturated carbocycles. The quantitative estimate of drug-likeness (QED) is 0.423. The molecule has 29 heavy (non-hydrogen) atoms. The van der Waals surface area contributed by atoms with Crippen molar-refractivity contribution in [1.82, 2.24) is 0 Å². The molecule has 158 valence electrons. The number of carbonyl (C=O) groups is 1. The highest BCUT2D eigenvalue weighted by Gasteiger charge is 2.30. The van der Waals surface area contributed by atoms with Crippen molar-refractivity contribution in [3.05, 3.63) is 59.2 Å². The van der Waals surface area contributed by atoms with E-state index in [9.17, 15) is 19.1 Å². The van der Waals surface area contributed by atoms with Crippen LogP contribution in [0.3, 0.4) is 0 Å². The zero-order valence-corrected chi connectivity index (χ0v) is 18.3. The predicted molar refractivity (Wildman–Crippen MR) is 114 cm³/mol. The van der Waals surface area contributed by atoms with Crippen molar-refractivity contribution in [2.24, 2.45) is 0 Å². The second kappa shape index (κ2) is 9.55. The fourth-order valence-corrected chi connectivity index (χ4v) is 3.87. The van der Waals surface area contributed by atoms with Crippen LogP contribution in [0.2, 0.25) is 0 Å². The van der Waals surface area contributed by atoms with Crippen molar-refractivity contribution in [1.29, 1.82) is 0 Å². The molecule has 2 rings (SSSR count). The van der Waals surface area contributed by atoms with E-state index in [1.54, 1.807) is 18.2 Å². The van der Waals surface area contributed by atoms with Crippen LogP contribution < -0.4 is 9.84 Å². The summed E-state index contributed by atoms with van der Waals surface area (Å²) in [4.78, 5) is 31.3. The normalized spacial score (nSPS) is 11.9. The van der Waals surface area contributed by atoms with Crippen LogP contribution in [0.4, 0.5) is 5.69 Å². The van der Waals surface area contributed by atoms with Gasteiger partial charge >= 0.3 is 7.82 Å². The lowest BCUT2D eigenvalue weighted by molar-refractivity contribution is -0.930. The Kier molecular flexibility index (Phi) is 7.60. The van der Waals surface area contributed by atoms with Crippen LogP contribution in [-0.2, 0) is 15.9 Å². The van der Waals surface area contributed by atoms with E-state index in [1.165, 1.54) is 6.07 Å². The maximum atomic E-state index is 12.9. The number of amides is 1. The van der Waals surface area contributed by atoms with Gasteiger partial charge in [0.25, 0.3) is 5.91 Å². The molecule has 8 heteroatoms. The summed E-state index contributed by atoms with van der Waals surface area (Å²) in [7, 11) is -4.67. The number of phosphoric acid groups is 1. The molecule has 0 unspecified atom stereocenters. The highest BCUT2D eigenvalue weighted by molar-refractivity contribution is 7.46. The number of nitrogens with one attached hydrogen (secondary N) is 1. The van der Waals surface area contributed by atoms with Gasteiger partial charge < -0.3 is 14.3 Å². The monoisotopic (exact) mass is 421 g/mol. The lowest BCUT2D eigenvalue weighted by atomic mass is 10.1. The molecule has 0 fully saturated rings. The van der Waals surface area contributed by atoms with Crippen LogP contribution >= 0.6 is 7.82 Å². The largest absolute Gasteiger partial charge is 0.524 e. The molecule has 0 aliphatic carbocycles. The minimum atomic E-state index is -4.67. The summed E-state index contributed by atoms with van der Waals surface area (Å²) < 4.78 is 16.6. The van der Waals surface area contributed by atoms with Gasteiger partial charge in [-0.15, -0.1) is 0 Å². The molecule has 0 aliphatic heterocycles. The SMILES string of the molecule is CC[N+](CC)(CC(=O)Nc1c(C)cccc1C)Cc1ccccc1OP(=O)(O)O. The molecule has 0 aliphatic rings. The summed E-state index contributed by atoms with van der Waals surface area (Å²) >= 11 is 0. The second-order valence-electron chi connectivity index (χ2n) is 7.29. The van der Waals surface area contributed by atoms with Crippen LogP contribution in [-0.4, -0.2) is 39.8 Å². The third-order valence-corrected chi connectivity index (χ3v) is 5.70. The van der Waals surface area contributed by atoms with Gasteiger partial charge in [0.1, 0.15) is 12.3 Å². The first-order chi connectivity index (χ1) is 13.6. The number of anilines is 1. The maximum Gasteiger partial charge on any atom is 0.524 e. The number of nitrogens with zero attached hydrogens (tertiary/aromatic N) is 1. The maximum absolute atomic E-state index is 12.9. The number of benzene rings is 2. The summed E-state index contributed by atoms with van der Waals surface area (Å²) in [6, 6.07) is 12.6. The Hall–Kier alpha value is -2.18. The highest BCUT2D eigenvalue weighted by atomic mass is 31.2. The Bertz CT molecular complexity index is 885. The van der Waals surface area contributed by atoms with Crippen molar-refractivity contribution in [2.45, 2.75) is 34.2 Å². The molecule has 0 spiro atoms. The molecule has 7 nitrogen and oxygen atoms in total. The van der Waals surface area contributed by atoms with E-state index in [-0.39, 0.29) is 18.2 Å². The van der Waals surface area contributed by atoms with Crippen LogP contribution in [0.25, 0.3) is 0 Å². The molecule has 0 atom stereocenters. The molecule has 0 heterocycles. The number of rotatable bonds is 9. The first-order valence-corrected chi connectivity index (χ1v) is 11.2. The van der Waals surface area contributed by atoms with Crippen molar-refractivity contribution >= 4 is 19.4 Å². The zero-order chi connectivity index (χ0) is 21.7. The Labute approximate surface area is 172 Å². The Balaban J connectivity index is 2.24. The lowest BCUT2D eigenvalue weighted by Gasteiger charge is -2.36. The molecule has 2 aromatic carbocycles. The van der Waals surface area contributed by atoms with Gasteiger partial charge in [0.05, 0.1) is 13.1 Å². The first-order valence-electron chi connectivity index (χ1n) is 9.63. The molecule has 2 aromatic rings. The summed E-state index contributed by atoms with van der Waals surface area (Å²) in [6.07, 6.45) is 0. The number of likely N-dealkylation sites (N-methyl/N-ethyl adjacent to an activating group) is 1. The fourth-order valence-electron chi connectivity index (χ4n) is 3.43. The van der Waals surface area contributed by atoms with Crippen LogP contribution in [0.1, 0.15) is 30.5 Å². The third kappa shape index (κ3) is 6.41. The Morgan fingerprint density at radius 3 is 2.17 bits per heavy atom.